The molecule has 29 heavy (non-hydrogen) atoms. The number of hydrogen-bond acceptors (Lipinski definition) is 5. The largest absolute Gasteiger partial charge is 0.480 e. The number of aryl methyl sites for hydroxylation is 1. The van der Waals surface area contributed by atoms with E-state index in [9.17, 15) is 19.5 Å². The fourth-order valence-electron chi connectivity index (χ4n) is 4.12. The highest BCUT2D eigenvalue weighted by Crippen LogP contribution is 2.38. The Balaban J connectivity index is 1.55. The highest BCUT2D eigenvalue weighted by atomic mass is 16.5. The molecule has 2 aliphatic rings. The number of rotatable bonds is 3. The van der Waals surface area contributed by atoms with Crippen LogP contribution in [0.25, 0.3) is 0 Å². The molecule has 2 aromatic rings. The first-order valence-electron chi connectivity index (χ1n) is 9.52. The quantitative estimate of drug-likeness (QED) is 0.850. The summed E-state index contributed by atoms with van der Waals surface area (Å²) in [6.45, 7) is 2.52. The van der Waals surface area contributed by atoms with Gasteiger partial charge in [0.25, 0.3) is 11.8 Å². The molecule has 1 spiro atoms. The Bertz CT molecular complexity index is 930. The van der Waals surface area contributed by atoms with Gasteiger partial charge < -0.3 is 19.2 Å². The van der Waals surface area contributed by atoms with Crippen LogP contribution in [0.1, 0.15) is 39.3 Å². The second-order valence-corrected chi connectivity index (χ2v) is 7.37. The number of ether oxygens (including phenoxy) is 1. The first kappa shape index (κ1) is 19.2. The highest BCUT2D eigenvalue weighted by Gasteiger charge is 2.54. The number of likely N-dealkylation sites (tertiary alicyclic amines) is 1. The smallest absolute Gasteiger partial charge is 0.328 e. The predicted molar refractivity (Wildman–Crippen MR) is 101 cm³/mol. The van der Waals surface area contributed by atoms with Crippen LogP contribution in [-0.4, -0.2) is 64.2 Å². The number of carbonyl (C=O) groups excluding carboxylic acids is 2. The number of benzene rings is 1. The molecule has 1 aromatic carbocycles. The van der Waals surface area contributed by atoms with E-state index in [2.05, 4.69) is 0 Å². The highest BCUT2D eigenvalue weighted by molar-refractivity contribution is 5.96. The van der Waals surface area contributed by atoms with Gasteiger partial charge in [-0.1, -0.05) is 18.2 Å². The first-order chi connectivity index (χ1) is 13.9. The Morgan fingerprint density at radius 1 is 1.07 bits per heavy atom. The van der Waals surface area contributed by atoms with E-state index in [1.165, 1.54) is 17.2 Å². The number of piperidine rings is 1. The number of carbonyl (C=O) groups is 3. The SMILES string of the molecule is Cc1ccccc1C(=O)N1CCC2(CC1)OC[C@@H](C(=O)O)N2C(=O)c1ccco1. The zero-order valence-electron chi connectivity index (χ0n) is 16.0. The van der Waals surface area contributed by atoms with Crippen LogP contribution in [0, 0.1) is 6.92 Å². The summed E-state index contributed by atoms with van der Waals surface area (Å²) < 4.78 is 11.1. The van der Waals surface area contributed by atoms with Crippen LogP contribution in [0.5, 0.6) is 0 Å². The topological polar surface area (TPSA) is 100 Å². The van der Waals surface area contributed by atoms with E-state index in [0.29, 0.717) is 31.5 Å². The van der Waals surface area contributed by atoms with Gasteiger partial charge in [-0.3, -0.25) is 14.5 Å². The molecule has 2 saturated heterocycles. The number of carboxylic acid groups (broad SMARTS) is 1. The van der Waals surface area contributed by atoms with Crippen molar-refractivity contribution in [2.24, 2.45) is 0 Å². The van der Waals surface area contributed by atoms with Gasteiger partial charge in [0, 0.05) is 31.5 Å². The second-order valence-electron chi connectivity index (χ2n) is 7.37. The van der Waals surface area contributed by atoms with E-state index in [4.69, 9.17) is 9.15 Å². The minimum atomic E-state index is -1.12. The molecule has 4 rings (SSSR count). The third-order valence-corrected chi connectivity index (χ3v) is 5.70. The molecule has 8 nitrogen and oxygen atoms in total. The third kappa shape index (κ3) is 3.29. The summed E-state index contributed by atoms with van der Waals surface area (Å²) in [4.78, 5) is 40.6. The van der Waals surface area contributed by atoms with Crippen molar-refractivity contribution < 1.29 is 28.6 Å². The molecule has 0 unspecified atom stereocenters. The summed E-state index contributed by atoms with van der Waals surface area (Å²) in [6, 6.07) is 9.38. The summed E-state index contributed by atoms with van der Waals surface area (Å²) in [6.07, 6.45) is 2.04. The van der Waals surface area contributed by atoms with Gasteiger partial charge in [0.1, 0.15) is 5.72 Å². The van der Waals surface area contributed by atoms with Crippen LogP contribution < -0.4 is 0 Å². The Morgan fingerprint density at radius 2 is 1.79 bits per heavy atom. The average Bonchev–Trinajstić information content (AvgIpc) is 3.37. The van der Waals surface area contributed by atoms with Crippen molar-refractivity contribution in [1.82, 2.24) is 9.80 Å². The zero-order valence-corrected chi connectivity index (χ0v) is 16.0. The molecular weight excluding hydrogens is 376 g/mol. The Hall–Kier alpha value is -3.13. The molecule has 3 heterocycles. The van der Waals surface area contributed by atoms with Crippen LogP contribution in [0.3, 0.4) is 0 Å². The molecular formula is C21H22N2O6. The standard InChI is InChI=1S/C21H22N2O6/c1-14-5-2-3-6-15(14)18(24)22-10-8-21(9-11-22)23(16(13-29-21)20(26)27)19(25)17-7-4-12-28-17/h2-7,12,16H,8-11,13H2,1H3,(H,26,27)/t16-/m0/s1. The average molecular weight is 398 g/mol. The van der Waals surface area contributed by atoms with E-state index in [0.717, 1.165) is 5.56 Å². The number of amides is 2. The van der Waals surface area contributed by atoms with Crippen LogP contribution in [-0.2, 0) is 9.53 Å². The molecule has 8 heteroatoms. The minimum absolute atomic E-state index is 0.0690. The lowest BCUT2D eigenvalue weighted by Gasteiger charge is -2.44. The number of carboxylic acids is 1. The molecule has 0 bridgehead atoms. The van der Waals surface area contributed by atoms with E-state index in [1.807, 2.05) is 25.1 Å². The van der Waals surface area contributed by atoms with Crippen molar-refractivity contribution in [3.8, 4) is 0 Å². The molecule has 1 aromatic heterocycles. The summed E-state index contributed by atoms with van der Waals surface area (Å²) >= 11 is 0. The Kier molecular flexibility index (Phi) is 4.87. The zero-order chi connectivity index (χ0) is 20.6. The molecule has 2 amide bonds. The Morgan fingerprint density at radius 3 is 2.41 bits per heavy atom. The molecule has 1 N–H and O–H groups in total. The van der Waals surface area contributed by atoms with E-state index < -0.39 is 23.6 Å². The lowest BCUT2D eigenvalue weighted by Crippen LogP contribution is -2.58. The van der Waals surface area contributed by atoms with Crippen molar-refractivity contribution >= 4 is 17.8 Å². The molecule has 152 valence electrons. The maximum absolute atomic E-state index is 13.0. The van der Waals surface area contributed by atoms with Gasteiger partial charge >= 0.3 is 5.97 Å². The van der Waals surface area contributed by atoms with Gasteiger partial charge in [0.2, 0.25) is 0 Å². The molecule has 2 fully saturated rings. The van der Waals surface area contributed by atoms with Gasteiger partial charge in [0.15, 0.2) is 11.8 Å². The number of hydrogen-bond donors (Lipinski definition) is 1. The van der Waals surface area contributed by atoms with Gasteiger partial charge in [-0.05, 0) is 30.7 Å². The second kappa shape index (κ2) is 7.36. The summed E-state index contributed by atoms with van der Waals surface area (Å²) in [5.74, 6) is -1.65. The molecule has 0 aliphatic carbocycles. The van der Waals surface area contributed by atoms with E-state index in [-0.39, 0.29) is 18.3 Å². The predicted octanol–water partition coefficient (Wildman–Crippen LogP) is 2.15. The molecule has 1 atom stereocenters. The van der Waals surface area contributed by atoms with Gasteiger partial charge in [-0.25, -0.2) is 4.79 Å². The number of furan rings is 1. The summed E-state index contributed by atoms with van der Waals surface area (Å²) in [5, 5.41) is 9.59. The molecule has 0 saturated carbocycles. The fraction of sp³-hybridized carbons (Fsp3) is 0.381. The number of nitrogens with zero attached hydrogens (tertiary/aromatic N) is 2. The van der Waals surface area contributed by atoms with Crippen LogP contribution in [0.15, 0.2) is 47.1 Å². The maximum atomic E-state index is 13.0. The number of aliphatic carboxylic acids is 1. The van der Waals surface area contributed by atoms with Crippen molar-refractivity contribution in [2.75, 3.05) is 19.7 Å². The van der Waals surface area contributed by atoms with Crippen molar-refractivity contribution in [3.63, 3.8) is 0 Å². The lowest BCUT2D eigenvalue weighted by atomic mass is 9.96. The maximum Gasteiger partial charge on any atom is 0.328 e. The fourth-order valence-corrected chi connectivity index (χ4v) is 4.12. The Labute approximate surface area is 167 Å². The van der Waals surface area contributed by atoms with Gasteiger partial charge in [-0.2, -0.15) is 0 Å². The van der Waals surface area contributed by atoms with Crippen LogP contribution in [0.2, 0.25) is 0 Å². The summed E-state index contributed by atoms with van der Waals surface area (Å²) in [5.41, 5.74) is 0.480. The van der Waals surface area contributed by atoms with E-state index >= 15 is 0 Å². The first-order valence-corrected chi connectivity index (χ1v) is 9.52. The normalized spacial score (nSPS) is 20.8. The summed E-state index contributed by atoms with van der Waals surface area (Å²) in [7, 11) is 0. The van der Waals surface area contributed by atoms with Crippen LogP contribution >= 0.6 is 0 Å². The molecule has 0 radical (unpaired) electrons. The third-order valence-electron chi connectivity index (χ3n) is 5.70. The van der Waals surface area contributed by atoms with Crippen molar-refractivity contribution in [1.29, 1.82) is 0 Å². The van der Waals surface area contributed by atoms with Crippen molar-refractivity contribution in [2.45, 2.75) is 31.5 Å². The van der Waals surface area contributed by atoms with Gasteiger partial charge in [0.05, 0.1) is 12.9 Å². The lowest BCUT2D eigenvalue weighted by molar-refractivity contribution is -0.143. The van der Waals surface area contributed by atoms with Crippen LogP contribution in [0.4, 0.5) is 0 Å². The molecule has 2 aliphatic heterocycles. The van der Waals surface area contributed by atoms with Gasteiger partial charge in [-0.15, -0.1) is 0 Å². The monoisotopic (exact) mass is 398 g/mol. The minimum Gasteiger partial charge on any atom is -0.480 e. The van der Waals surface area contributed by atoms with Crippen molar-refractivity contribution in [3.05, 3.63) is 59.5 Å². The van der Waals surface area contributed by atoms with E-state index in [1.54, 1.807) is 17.0 Å².